The van der Waals surface area contributed by atoms with E-state index in [1.807, 2.05) is 13.0 Å². The molecule has 1 aliphatic carbocycles. The van der Waals surface area contributed by atoms with Gasteiger partial charge in [0.15, 0.2) is 0 Å². The summed E-state index contributed by atoms with van der Waals surface area (Å²) in [5.74, 6) is -1.25. The first-order valence-electron chi connectivity index (χ1n) is 6.28. The van der Waals surface area contributed by atoms with Crippen LogP contribution in [0.25, 0.3) is 0 Å². The summed E-state index contributed by atoms with van der Waals surface area (Å²) in [6.45, 7) is 1.81. The molecule has 1 aromatic rings. The molecule has 0 amide bonds. The van der Waals surface area contributed by atoms with E-state index in [1.165, 1.54) is 0 Å². The van der Waals surface area contributed by atoms with Crippen molar-refractivity contribution in [3.05, 3.63) is 42.0 Å². The molecule has 0 saturated heterocycles. The average Bonchev–Trinajstić information content (AvgIpc) is 2.39. The lowest BCUT2D eigenvalue weighted by Gasteiger charge is -2.23. The minimum Gasteiger partial charge on any atom is -0.481 e. The fourth-order valence-electron chi connectivity index (χ4n) is 2.27. The molecule has 0 unspecified atom stereocenters. The minimum absolute atomic E-state index is 0.149. The van der Waals surface area contributed by atoms with Crippen molar-refractivity contribution in [1.29, 1.82) is 0 Å². The van der Waals surface area contributed by atoms with Crippen molar-refractivity contribution in [2.24, 2.45) is 11.8 Å². The quantitative estimate of drug-likeness (QED) is 0.670. The number of carboxylic acids is 1. The zero-order valence-corrected chi connectivity index (χ0v) is 10.7. The van der Waals surface area contributed by atoms with Crippen LogP contribution in [0.3, 0.4) is 0 Å². The molecule has 0 fully saturated rings. The molecule has 0 spiro atoms. The van der Waals surface area contributed by atoms with Crippen molar-refractivity contribution < 1.29 is 19.4 Å². The molecule has 1 aromatic carbocycles. The molecule has 4 nitrogen and oxygen atoms in total. The van der Waals surface area contributed by atoms with Crippen molar-refractivity contribution in [1.82, 2.24) is 0 Å². The monoisotopic (exact) mass is 260 g/mol. The molecule has 0 aromatic heterocycles. The fraction of sp³-hybridized carbons (Fsp3) is 0.333. The van der Waals surface area contributed by atoms with Gasteiger partial charge in [-0.05, 0) is 30.9 Å². The minimum atomic E-state index is -0.806. The number of carbonyl (C=O) groups excluding carboxylic acids is 1. The number of ether oxygens (including phenoxy) is 1. The summed E-state index contributed by atoms with van der Waals surface area (Å²) in [6, 6.07) is 8.86. The summed E-state index contributed by atoms with van der Waals surface area (Å²) >= 11 is 0. The van der Waals surface area contributed by atoms with Crippen LogP contribution in [-0.4, -0.2) is 17.0 Å². The number of hydrogen-bond donors (Lipinski definition) is 1. The third kappa shape index (κ3) is 3.22. The van der Waals surface area contributed by atoms with Gasteiger partial charge in [-0.2, -0.15) is 0 Å². The predicted octanol–water partition coefficient (Wildman–Crippen LogP) is 2.65. The number of benzene rings is 1. The van der Waals surface area contributed by atoms with Crippen LogP contribution >= 0.6 is 0 Å². The highest BCUT2D eigenvalue weighted by atomic mass is 16.5. The van der Waals surface area contributed by atoms with Crippen molar-refractivity contribution in [2.45, 2.75) is 19.8 Å². The second-order valence-corrected chi connectivity index (χ2v) is 4.74. The number of esters is 1. The van der Waals surface area contributed by atoms with E-state index in [1.54, 1.807) is 30.3 Å². The summed E-state index contributed by atoms with van der Waals surface area (Å²) in [5, 5.41) is 9.02. The van der Waals surface area contributed by atoms with Gasteiger partial charge in [0, 0.05) is 5.57 Å². The van der Waals surface area contributed by atoms with Crippen LogP contribution in [0.5, 0.6) is 5.75 Å². The van der Waals surface area contributed by atoms with Crippen molar-refractivity contribution in [2.75, 3.05) is 0 Å². The average molecular weight is 260 g/mol. The molecule has 0 heterocycles. The fourth-order valence-corrected chi connectivity index (χ4v) is 2.27. The van der Waals surface area contributed by atoms with Gasteiger partial charge in [0.2, 0.25) is 0 Å². The first-order valence-corrected chi connectivity index (χ1v) is 6.28. The SMILES string of the molecule is C[C@H]1C=C(C(=O)Oc2ccccc2)CC[C@H]1C(=O)O. The number of allylic oxidation sites excluding steroid dienone is 1. The largest absolute Gasteiger partial charge is 0.481 e. The van der Waals surface area contributed by atoms with Gasteiger partial charge in [0.05, 0.1) is 5.92 Å². The Labute approximate surface area is 111 Å². The molecule has 0 bridgehead atoms. The van der Waals surface area contributed by atoms with Crippen LogP contribution in [0.15, 0.2) is 42.0 Å². The number of aliphatic carboxylic acids is 1. The van der Waals surface area contributed by atoms with Gasteiger partial charge in [0.1, 0.15) is 5.75 Å². The van der Waals surface area contributed by atoms with Gasteiger partial charge in [-0.3, -0.25) is 4.79 Å². The first-order chi connectivity index (χ1) is 9.08. The topological polar surface area (TPSA) is 63.6 Å². The van der Waals surface area contributed by atoms with Gasteiger partial charge in [-0.15, -0.1) is 0 Å². The molecule has 2 rings (SSSR count). The van der Waals surface area contributed by atoms with Crippen LogP contribution in [0.4, 0.5) is 0 Å². The third-order valence-electron chi connectivity index (χ3n) is 3.36. The molecule has 0 aliphatic heterocycles. The Balaban J connectivity index is 2.05. The molecule has 1 N–H and O–H groups in total. The number of carboxylic acid groups (broad SMARTS) is 1. The van der Waals surface area contributed by atoms with Gasteiger partial charge in [-0.1, -0.05) is 31.2 Å². The smallest absolute Gasteiger partial charge is 0.339 e. The van der Waals surface area contributed by atoms with Crippen LogP contribution in [0, 0.1) is 11.8 Å². The molecule has 1 aliphatic rings. The molecular weight excluding hydrogens is 244 g/mol. The van der Waals surface area contributed by atoms with Gasteiger partial charge >= 0.3 is 11.9 Å². The second kappa shape index (κ2) is 5.69. The first kappa shape index (κ1) is 13.3. The Bertz CT molecular complexity index is 504. The Hall–Kier alpha value is -2.10. The zero-order valence-electron chi connectivity index (χ0n) is 10.7. The number of para-hydroxylation sites is 1. The highest BCUT2D eigenvalue weighted by Gasteiger charge is 2.29. The molecule has 0 radical (unpaired) electrons. The summed E-state index contributed by atoms with van der Waals surface area (Å²) in [4.78, 5) is 22.9. The van der Waals surface area contributed by atoms with E-state index in [2.05, 4.69) is 0 Å². The Kier molecular flexibility index (Phi) is 4.00. The molecular formula is C15H16O4. The van der Waals surface area contributed by atoms with E-state index < -0.39 is 11.9 Å². The summed E-state index contributed by atoms with van der Waals surface area (Å²) in [7, 11) is 0. The van der Waals surface area contributed by atoms with Crippen molar-refractivity contribution >= 4 is 11.9 Å². The zero-order chi connectivity index (χ0) is 13.8. The molecule has 100 valence electrons. The molecule has 0 saturated carbocycles. The predicted molar refractivity (Wildman–Crippen MR) is 69.7 cm³/mol. The van der Waals surface area contributed by atoms with E-state index in [9.17, 15) is 9.59 Å². The maximum atomic E-state index is 12.0. The highest BCUT2D eigenvalue weighted by Crippen LogP contribution is 2.29. The Morgan fingerprint density at radius 2 is 1.95 bits per heavy atom. The number of rotatable bonds is 3. The van der Waals surface area contributed by atoms with E-state index in [-0.39, 0.29) is 11.9 Å². The van der Waals surface area contributed by atoms with E-state index in [4.69, 9.17) is 9.84 Å². The van der Waals surface area contributed by atoms with Crippen LogP contribution in [0.2, 0.25) is 0 Å². The number of hydrogen-bond acceptors (Lipinski definition) is 3. The second-order valence-electron chi connectivity index (χ2n) is 4.74. The van der Waals surface area contributed by atoms with Gasteiger partial charge in [0.25, 0.3) is 0 Å². The lowest BCUT2D eigenvalue weighted by Crippen LogP contribution is -2.26. The highest BCUT2D eigenvalue weighted by molar-refractivity contribution is 5.90. The van der Waals surface area contributed by atoms with E-state index in [0.717, 1.165) is 0 Å². The third-order valence-corrected chi connectivity index (χ3v) is 3.36. The lowest BCUT2D eigenvalue weighted by atomic mass is 9.82. The lowest BCUT2D eigenvalue weighted by molar-refractivity contribution is -0.143. The Morgan fingerprint density at radius 1 is 1.26 bits per heavy atom. The standard InChI is InChI=1S/C15H16O4/c1-10-9-11(7-8-13(10)14(16)17)15(18)19-12-5-3-2-4-6-12/h2-6,9-10,13H,7-8H2,1H3,(H,16,17)/t10-,13+/m0/s1. The summed E-state index contributed by atoms with van der Waals surface area (Å²) in [6.07, 6.45) is 2.65. The van der Waals surface area contributed by atoms with Crippen molar-refractivity contribution in [3.63, 3.8) is 0 Å². The Morgan fingerprint density at radius 3 is 2.53 bits per heavy atom. The molecule has 2 atom stereocenters. The van der Waals surface area contributed by atoms with E-state index >= 15 is 0 Å². The normalized spacial score (nSPS) is 22.5. The summed E-state index contributed by atoms with van der Waals surface area (Å²) < 4.78 is 5.24. The number of carbonyl (C=O) groups is 2. The molecule has 19 heavy (non-hydrogen) atoms. The maximum Gasteiger partial charge on any atom is 0.339 e. The van der Waals surface area contributed by atoms with Crippen molar-refractivity contribution in [3.8, 4) is 5.75 Å². The molecule has 4 heteroatoms. The summed E-state index contributed by atoms with van der Waals surface area (Å²) in [5.41, 5.74) is 0.564. The van der Waals surface area contributed by atoms with E-state index in [0.29, 0.717) is 24.2 Å². The maximum absolute atomic E-state index is 12.0. The van der Waals surface area contributed by atoms with Crippen LogP contribution in [0.1, 0.15) is 19.8 Å². The van der Waals surface area contributed by atoms with Crippen LogP contribution in [-0.2, 0) is 9.59 Å². The van der Waals surface area contributed by atoms with Gasteiger partial charge in [-0.25, -0.2) is 4.79 Å². The van der Waals surface area contributed by atoms with Crippen LogP contribution < -0.4 is 4.74 Å². The van der Waals surface area contributed by atoms with Gasteiger partial charge < -0.3 is 9.84 Å².